The van der Waals surface area contributed by atoms with Crippen LogP contribution >= 0.6 is 11.6 Å². The molecule has 2 rings (SSSR count). The number of aryl methyl sites for hydroxylation is 1. The van der Waals surface area contributed by atoms with Gasteiger partial charge in [0.2, 0.25) is 0 Å². The fourth-order valence-corrected chi connectivity index (χ4v) is 2.56. The van der Waals surface area contributed by atoms with Gasteiger partial charge in [-0.15, -0.1) is 0 Å². The van der Waals surface area contributed by atoms with Gasteiger partial charge in [-0.1, -0.05) is 30.7 Å². The predicted octanol–water partition coefficient (Wildman–Crippen LogP) is 3.34. The molecule has 0 saturated heterocycles. The van der Waals surface area contributed by atoms with Gasteiger partial charge >= 0.3 is 0 Å². The zero-order valence-corrected chi connectivity index (χ0v) is 11.7. The Labute approximate surface area is 116 Å². The summed E-state index contributed by atoms with van der Waals surface area (Å²) in [5.41, 5.74) is -0.358. The summed E-state index contributed by atoms with van der Waals surface area (Å²) >= 11 is 6.14. The molecule has 0 fully saturated rings. The zero-order valence-electron chi connectivity index (χ0n) is 10.9. The van der Waals surface area contributed by atoms with Crippen LogP contribution in [0.4, 0.5) is 4.39 Å². The van der Waals surface area contributed by atoms with Crippen molar-refractivity contribution in [3.8, 4) is 0 Å². The maximum atomic E-state index is 13.4. The Hall–Kier alpha value is -1.39. The molecule has 19 heavy (non-hydrogen) atoms. The fraction of sp³-hybridized carbons (Fsp3) is 0.357. The highest BCUT2D eigenvalue weighted by Crippen LogP contribution is 2.37. The number of hydrogen-bond acceptors (Lipinski definition) is 2. The van der Waals surface area contributed by atoms with Crippen molar-refractivity contribution in [1.29, 1.82) is 0 Å². The summed E-state index contributed by atoms with van der Waals surface area (Å²) in [6.07, 6.45) is 1.88. The molecule has 102 valence electrons. The first kappa shape index (κ1) is 14.0. The summed E-state index contributed by atoms with van der Waals surface area (Å²) in [4.78, 5) is 0. The van der Waals surface area contributed by atoms with E-state index >= 15 is 0 Å². The van der Waals surface area contributed by atoms with Crippen molar-refractivity contribution in [2.75, 3.05) is 0 Å². The van der Waals surface area contributed by atoms with Gasteiger partial charge in [0.1, 0.15) is 11.4 Å². The number of benzene rings is 1. The molecule has 0 bridgehead atoms. The van der Waals surface area contributed by atoms with Crippen molar-refractivity contribution in [3.05, 3.63) is 52.6 Å². The molecule has 1 N–H and O–H groups in total. The van der Waals surface area contributed by atoms with Gasteiger partial charge in [0.25, 0.3) is 0 Å². The number of halogens is 2. The van der Waals surface area contributed by atoms with Crippen LogP contribution in [0.1, 0.15) is 31.5 Å². The molecule has 3 nitrogen and oxygen atoms in total. The second-order valence-electron chi connectivity index (χ2n) is 4.38. The Bertz CT molecular complexity index is 585. The minimum atomic E-state index is -1.34. The van der Waals surface area contributed by atoms with Crippen LogP contribution < -0.4 is 0 Å². The Morgan fingerprint density at radius 1 is 1.42 bits per heavy atom. The third kappa shape index (κ3) is 2.38. The quantitative estimate of drug-likeness (QED) is 0.934. The topological polar surface area (TPSA) is 38.0 Å². The number of aliphatic hydroxyl groups is 1. The monoisotopic (exact) mass is 282 g/mol. The van der Waals surface area contributed by atoms with Crippen molar-refractivity contribution in [3.63, 3.8) is 0 Å². The highest BCUT2D eigenvalue weighted by Gasteiger charge is 2.35. The van der Waals surface area contributed by atoms with E-state index < -0.39 is 5.60 Å². The van der Waals surface area contributed by atoms with Crippen molar-refractivity contribution in [1.82, 2.24) is 9.78 Å². The van der Waals surface area contributed by atoms with Gasteiger partial charge in [-0.25, -0.2) is 4.39 Å². The average molecular weight is 283 g/mol. The van der Waals surface area contributed by atoms with E-state index in [1.807, 2.05) is 13.8 Å². The maximum Gasteiger partial charge on any atom is 0.132 e. The first-order valence-electron chi connectivity index (χ1n) is 6.23. The summed E-state index contributed by atoms with van der Waals surface area (Å²) in [6.45, 7) is 4.32. The van der Waals surface area contributed by atoms with E-state index in [-0.39, 0.29) is 5.82 Å². The SMILES string of the molecule is CCn1ncc(Cl)c1C(O)(CC)c1cccc(F)c1. The second kappa shape index (κ2) is 5.31. The van der Waals surface area contributed by atoms with E-state index in [2.05, 4.69) is 5.10 Å². The van der Waals surface area contributed by atoms with Crippen LogP contribution in [0.3, 0.4) is 0 Å². The number of hydrogen-bond donors (Lipinski definition) is 1. The molecule has 1 heterocycles. The molecule has 0 radical (unpaired) electrons. The molecule has 0 spiro atoms. The number of nitrogens with zero attached hydrogens (tertiary/aromatic N) is 2. The fourth-order valence-electron chi connectivity index (χ4n) is 2.27. The highest BCUT2D eigenvalue weighted by molar-refractivity contribution is 6.31. The van der Waals surface area contributed by atoms with Gasteiger partial charge in [0.05, 0.1) is 16.9 Å². The van der Waals surface area contributed by atoms with E-state index in [1.54, 1.807) is 16.8 Å². The summed E-state index contributed by atoms with van der Waals surface area (Å²) in [5, 5.41) is 15.5. The van der Waals surface area contributed by atoms with Crippen molar-refractivity contribution in [2.24, 2.45) is 0 Å². The van der Waals surface area contributed by atoms with E-state index in [1.165, 1.54) is 18.3 Å². The van der Waals surface area contributed by atoms with E-state index in [0.29, 0.717) is 29.2 Å². The molecule has 5 heteroatoms. The molecule has 0 saturated carbocycles. The number of rotatable bonds is 4. The molecule has 1 aromatic carbocycles. The minimum absolute atomic E-state index is 0.377. The Morgan fingerprint density at radius 2 is 2.16 bits per heavy atom. The van der Waals surface area contributed by atoms with Crippen LogP contribution in [0.25, 0.3) is 0 Å². The van der Waals surface area contributed by atoms with Gasteiger partial charge in [0, 0.05) is 6.54 Å². The lowest BCUT2D eigenvalue weighted by atomic mass is 9.87. The molecule has 0 aliphatic heterocycles. The molecular weight excluding hydrogens is 267 g/mol. The van der Waals surface area contributed by atoms with Crippen LogP contribution in [0, 0.1) is 5.82 Å². The van der Waals surface area contributed by atoms with E-state index in [9.17, 15) is 9.50 Å². The third-order valence-corrected chi connectivity index (χ3v) is 3.58. The molecule has 0 amide bonds. The average Bonchev–Trinajstić information content (AvgIpc) is 2.79. The Morgan fingerprint density at radius 3 is 2.74 bits per heavy atom. The summed E-state index contributed by atoms with van der Waals surface area (Å²) in [6, 6.07) is 5.94. The van der Waals surface area contributed by atoms with Gasteiger partial charge in [-0.05, 0) is 31.0 Å². The first-order valence-corrected chi connectivity index (χ1v) is 6.61. The lowest BCUT2D eigenvalue weighted by Gasteiger charge is -2.28. The minimum Gasteiger partial charge on any atom is -0.379 e. The van der Waals surface area contributed by atoms with Crippen molar-refractivity contribution >= 4 is 11.6 Å². The van der Waals surface area contributed by atoms with Crippen LogP contribution in [0.5, 0.6) is 0 Å². The van der Waals surface area contributed by atoms with Crippen LogP contribution in [-0.2, 0) is 12.1 Å². The largest absolute Gasteiger partial charge is 0.379 e. The summed E-state index contributed by atoms with van der Waals surface area (Å²) < 4.78 is 15.0. The van der Waals surface area contributed by atoms with Gasteiger partial charge in [0.15, 0.2) is 0 Å². The van der Waals surface area contributed by atoms with E-state index in [4.69, 9.17) is 11.6 Å². The van der Waals surface area contributed by atoms with Crippen LogP contribution in [0.2, 0.25) is 5.02 Å². The Balaban J connectivity index is 2.62. The lowest BCUT2D eigenvalue weighted by molar-refractivity contribution is 0.0665. The lowest BCUT2D eigenvalue weighted by Crippen LogP contribution is -2.30. The summed E-state index contributed by atoms with van der Waals surface area (Å²) in [5.74, 6) is -0.386. The molecule has 1 atom stereocenters. The maximum absolute atomic E-state index is 13.4. The highest BCUT2D eigenvalue weighted by atomic mass is 35.5. The third-order valence-electron chi connectivity index (χ3n) is 3.30. The molecular formula is C14H16ClFN2O. The molecule has 2 aromatic rings. The van der Waals surface area contributed by atoms with Crippen LogP contribution in [0.15, 0.2) is 30.5 Å². The second-order valence-corrected chi connectivity index (χ2v) is 4.79. The smallest absolute Gasteiger partial charge is 0.132 e. The number of aromatic nitrogens is 2. The standard InChI is InChI=1S/C14H16ClFN2O/c1-3-14(19,10-6-5-7-11(16)8-10)13-12(15)9-17-18(13)4-2/h5-9,19H,3-4H2,1-2H3. The van der Waals surface area contributed by atoms with Gasteiger partial charge in [-0.2, -0.15) is 5.10 Å². The van der Waals surface area contributed by atoms with Crippen LogP contribution in [-0.4, -0.2) is 14.9 Å². The van der Waals surface area contributed by atoms with Crippen molar-refractivity contribution in [2.45, 2.75) is 32.4 Å². The van der Waals surface area contributed by atoms with Gasteiger partial charge in [-0.3, -0.25) is 4.68 Å². The molecule has 0 aliphatic rings. The van der Waals surface area contributed by atoms with Gasteiger partial charge < -0.3 is 5.11 Å². The summed E-state index contributed by atoms with van der Waals surface area (Å²) in [7, 11) is 0. The molecule has 0 aliphatic carbocycles. The normalized spacial score (nSPS) is 14.4. The molecule has 1 aromatic heterocycles. The molecule has 1 unspecified atom stereocenters. The van der Waals surface area contributed by atoms with Crippen molar-refractivity contribution < 1.29 is 9.50 Å². The van der Waals surface area contributed by atoms with E-state index in [0.717, 1.165) is 0 Å². The Kier molecular flexibility index (Phi) is 3.92. The predicted molar refractivity (Wildman–Crippen MR) is 72.6 cm³/mol. The first-order chi connectivity index (χ1) is 9.02. The zero-order chi connectivity index (χ0) is 14.0.